The Morgan fingerprint density at radius 3 is 2.75 bits per heavy atom. The topological polar surface area (TPSA) is 58.6 Å². The SMILES string of the molecule is CCc1c(-c2nc(N3CCOCC3)c3sccc3n2)cccc1N(C)C(C)=O. The smallest absolute Gasteiger partial charge is 0.223 e. The molecule has 4 rings (SSSR count). The van der Waals surface area contributed by atoms with Gasteiger partial charge in [0.2, 0.25) is 5.91 Å². The molecule has 1 saturated heterocycles. The van der Waals surface area contributed by atoms with Crippen molar-refractivity contribution < 1.29 is 9.53 Å². The van der Waals surface area contributed by atoms with E-state index in [0.29, 0.717) is 19.0 Å². The van der Waals surface area contributed by atoms with E-state index < -0.39 is 0 Å². The van der Waals surface area contributed by atoms with Crippen molar-refractivity contribution in [3.63, 3.8) is 0 Å². The van der Waals surface area contributed by atoms with Crippen LogP contribution in [0.25, 0.3) is 21.6 Å². The molecule has 0 saturated carbocycles. The number of amides is 1. The van der Waals surface area contributed by atoms with Gasteiger partial charge in [0.1, 0.15) is 0 Å². The van der Waals surface area contributed by atoms with Crippen LogP contribution in [-0.2, 0) is 16.0 Å². The quantitative estimate of drug-likeness (QED) is 0.672. The molecule has 1 aliphatic rings. The number of hydrogen-bond donors (Lipinski definition) is 0. The maximum atomic E-state index is 11.9. The summed E-state index contributed by atoms with van der Waals surface area (Å²) in [5, 5.41) is 2.06. The number of rotatable bonds is 4. The summed E-state index contributed by atoms with van der Waals surface area (Å²) in [7, 11) is 1.81. The van der Waals surface area contributed by atoms with Gasteiger partial charge in [-0.05, 0) is 29.5 Å². The Labute approximate surface area is 168 Å². The molecule has 0 aliphatic carbocycles. The van der Waals surface area contributed by atoms with E-state index in [1.807, 2.05) is 31.3 Å². The number of hydrogen-bond acceptors (Lipinski definition) is 6. The molecule has 1 aliphatic heterocycles. The van der Waals surface area contributed by atoms with Gasteiger partial charge in [0, 0.05) is 38.3 Å². The highest BCUT2D eigenvalue weighted by molar-refractivity contribution is 7.17. The molecule has 1 amide bonds. The van der Waals surface area contributed by atoms with Crippen molar-refractivity contribution in [2.24, 2.45) is 0 Å². The Morgan fingerprint density at radius 2 is 2.04 bits per heavy atom. The van der Waals surface area contributed by atoms with Crippen molar-refractivity contribution in [2.45, 2.75) is 20.3 Å². The lowest BCUT2D eigenvalue weighted by Gasteiger charge is -2.28. The summed E-state index contributed by atoms with van der Waals surface area (Å²) in [5.74, 6) is 1.70. The van der Waals surface area contributed by atoms with E-state index in [0.717, 1.165) is 52.4 Å². The molecule has 0 N–H and O–H groups in total. The van der Waals surface area contributed by atoms with Crippen LogP contribution in [0.3, 0.4) is 0 Å². The van der Waals surface area contributed by atoms with Crippen LogP contribution in [0.2, 0.25) is 0 Å². The van der Waals surface area contributed by atoms with E-state index in [9.17, 15) is 4.79 Å². The average molecular weight is 397 g/mol. The molecule has 0 radical (unpaired) electrons. The van der Waals surface area contributed by atoms with Gasteiger partial charge in [-0.1, -0.05) is 19.1 Å². The Balaban J connectivity index is 1.88. The maximum Gasteiger partial charge on any atom is 0.223 e. The summed E-state index contributed by atoms with van der Waals surface area (Å²) >= 11 is 1.67. The second-order valence-electron chi connectivity index (χ2n) is 6.84. The summed E-state index contributed by atoms with van der Waals surface area (Å²) in [4.78, 5) is 25.7. The van der Waals surface area contributed by atoms with E-state index in [1.54, 1.807) is 23.2 Å². The van der Waals surface area contributed by atoms with Crippen molar-refractivity contribution in [1.29, 1.82) is 0 Å². The highest BCUT2D eigenvalue weighted by Gasteiger charge is 2.21. The Kier molecular flexibility index (Phi) is 5.28. The first-order valence-electron chi connectivity index (χ1n) is 9.54. The van der Waals surface area contributed by atoms with Gasteiger partial charge >= 0.3 is 0 Å². The third-order valence-electron chi connectivity index (χ3n) is 5.18. The predicted molar refractivity (Wildman–Crippen MR) is 114 cm³/mol. The van der Waals surface area contributed by atoms with Crippen LogP contribution in [0.5, 0.6) is 0 Å². The average Bonchev–Trinajstić information content (AvgIpc) is 3.21. The number of fused-ring (bicyclic) bond motifs is 1. The van der Waals surface area contributed by atoms with Gasteiger partial charge in [-0.2, -0.15) is 0 Å². The van der Waals surface area contributed by atoms with E-state index in [-0.39, 0.29) is 5.91 Å². The molecule has 3 aromatic rings. The van der Waals surface area contributed by atoms with Gasteiger partial charge in [-0.3, -0.25) is 4.79 Å². The number of benzene rings is 1. The van der Waals surface area contributed by atoms with Crippen LogP contribution in [0.15, 0.2) is 29.6 Å². The number of ether oxygens (including phenoxy) is 1. The first kappa shape index (κ1) is 18.8. The molecule has 0 unspecified atom stereocenters. The van der Waals surface area contributed by atoms with Crippen molar-refractivity contribution in [3.8, 4) is 11.4 Å². The lowest BCUT2D eigenvalue weighted by atomic mass is 10.0. The molecular formula is C21H24N4O2S. The van der Waals surface area contributed by atoms with Gasteiger partial charge in [0.15, 0.2) is 11.6 Å². The second kappa shape index (κ2) is 7.85. The number of anilines is 2. The molecule has 6 nitrogen and oxygen atoms in total. The molecule has 2 aromatic heterocycles. The Hall–Kier alpha value is -2.51. The third kappa shape index (κ3) is 3.36. The van der Waals surface area contributed by atoms with Crippen molar-refractivity contribution in [3.05, 3.63) is 35.2 Å². The van der Waals surface area contributed by atoms with Crippen LogP contribution >= 0.6 is 11.3 Å². The van der Waals surface area contributed by atoms with Gasteiger partial charge in [0.05, 0.1) is 23.4 Å². The zero-order valence-corrected chi connectivity index (χ0v) is 17.3. The first-order chi connectivity index (χ1) is 13.6. The highest BCUT2D eigenvalue weighted by Crippen LogP contribution is 2.35. The van der Waals surface area contributed by atoms with E-state index in [2.05, 4.69) is 17.2 Å². The zero-order valence-electron chi connectivity index (χ0n) is 16.4. The van der Waals surface area contributed by atoms with Crippen LogP contribution < -0.4 is 9.80 Å². The molecule has 0 bridgehead atoms. The number of carbonyl (C=O) groups excluding carboxylic acids is 1. The number of morpholine rings is 1. The van der Waals surface area contributed by atoms with Crippen molar-refractivity contribution in [2.75, 3.05) is 43.2 Å². The maximum absolute atomic E-state index is 11.9. The van der Waals surface area contributed by atoms with Gasteiger partial charge in [0.25, 0.3) is 0 Å². The fourth-order valence-corrected chi connectivity index (χ4v) is 4.45. The molecule has 3 heterocycles. The largest absolute Gasteiger partial charge is 0.378 e. The summed E-state index contributed by atoms with van der Waals surface area (Å²) in [5.41, 5.74) is 3.94. The minimum absolute atomic E-state index is 0.00932. The van der Waals surface area contributed by atoms with Crippen LogP contribution in [0, 0.1) is 0 Å². The minimum atomic E-state index is 0.00932. The monoisotopic (exact) mass is 396 g/mol. The zero-order chi connectivity index (χ0) is 19.7. The van der Waals surface area contributed by atoms with Crippen LogP contribution in [0.4, 0.5) is 11.5 Å². The number of carbonyl (C=O) groups is 1. The van der Waals surface area contributed by atoms with E-state index in [1.165, 1.54) is 0 Å². The summed E-state index contributed by atoms with van der Waals surface area (Å²) < 4.78 is 6.62. The molecule has 1 aromatic carbocycles. The van der Waals surface area contributed by atoms with Gasteiger partial charge in [-0.25, -0.2) is 9.97 Å². The van der Waals surface area contributed by atoms with Crippen LogP contribution in [0.1, 0.15) is 19.4 Å². The normalized spacial score (nSPS) is 14.5. The summed E-state index contributed by atoms with van der Waals surface area (Å²) in [6.07, 6.45) is 0.793. The molecule has 0 spiro atoms. The standard InChI is InChI=1S/C21H24N4O2S/c1-4-15-16(6-5-7-18(15)24(3)14(2)26)20-22-17-8-13-28-19(17)21(23-20)25-9-11-27-12-10-25/h5-8,13H,4,9-12H2,1-3H3. The predicted octanol–water partition coefficient (Wildman–Crippen LogP) is 3.74. The molecule has 146 valence electrons. The number of aromatic nitrogens is 2. The first-order valence-corrected chi connectivity index (χ1v) is 10.4. The molecule has 7 heteroatoms. The summed E-state index contributed by atoms with van der Waals surface area (Å²) in [6.45, 7) is 6.77. The van der Waals surface area contributed by atoms with Crippen LogP contribution in [-0.4, -0.2) is 49.2 Å². The minimum Gasteiger partial charge on any atom is -0.378 e. The van der Waals surface area contributed by atoms with E-state index in [4.69, 9.17) is 14.7 Å². The Bertz CT molecular complexity index is 1010. The second-order valence-corrected chi connectivity index (χ2v) is 7.76. The lowest BCUT2D eigenvalue weighted by molar-refractivity contribution is -0.116. The number of thiophene rings is 1. The Morgan fingerprint density at radius 1 is 1.25 bits per heavy atom. The van der Waals surface area contributed by atoms with Gasteiger partial charge < -0.3 is 14.5 Å². The molecule has 1 fully saturated rings. The molecule has 0 atom stereocenters. The lowest BCUT2D eigenvalue weighted by Crippen LogP contribution is -2.36. The number of nitrogens with zero attached hydrogens (tertiary/aromatic N) is 4. The van der Waals surface area contributed by atoms with E-state index >= 15 is 0 Å². The van der Waals surface area contributed by atoms with Crippen molar-refractivity contribution in [1.82, 2.24) is 9.97 Å². The highest BCUT2D eigenvalue weighted by atomic mass is 32.1. The fraction of sp³-hybridized carbons (Fsp3) is 0.381. The third-order valence-corrected chi connectivity index (χ3v) is 6.08. The van der Waals surface area contributed by atoms with Gasteiger partial charge in [-0.15, -0.1) is 11.3 Å². The molecular weight excluding hydrogens is 372 g/mol. The molecule has 28 heavy (non-hydrogen) atoms. The fourth-order valence-electron chi connectivity index (χ4n) is 3.60. The summed E-state index contributed by atoms with van der Waals surface area (Å²) in [6, 6.07) is 8.05. The van der Waals surface area contributed by atoms with Crippen molar-refractivity contribution >= 4 is 39.0 Å².